The average Bonchev–Trinajstić information content (AvgIpc) is 3.13. The highest BCUT2D eigenvalue weighted by molar-refractivity contribution is 5.56. The van der Waals surface area contributed by atoms with Gasteiger partial charge in [-0.3, -0.25) is 0 Å². The van der Waals surface area contributed by atoms with Crippen LogP contribution in [0.2, 0.25) is 0 Å². The van der Waals surface area contributed by atoms with Crippen LogP contribution in [-0.4, -0.2) is 33.3 Å². The second-order valence-corrected chi connectivity index (χ2v) is 5.47. The van der Waals surface area contributed by atoms with Crippen molar-refractivity contribution >= 4 is 11.6 Å². The number of hydrogen-bond donors (Lipinski definition) is 2. The van der Waals surface area contributed by atoms with E-state index in [9.17, 15) is 13.2 Å². The van der Waals surface area contributed by atoms with Crippen molar-refractivity contribution in [3.63, 3.8) is 0 Å². The topological polar surface area (TPSA) is 91.4 Å². The number of para-hydroxylation sites is 1. The van der Waals surface area contributed by atoms with E-state index in [4.69, 9.17) is 5.26 Å². The molecule has 1 aromatic heterocycles. The standard InChI is InChI=1S/C17H14F3N7/c18-17(19,20)14-10-12(11-21)6-7-15(14)22-8-9-23-16-24-25-26-27(16)13-4-2-1-3-5-13/h1-7,10,22H,8-9H2,(H,23,24,26). The molecule has 0 unspecified atom stereocenters. The van der Waals surface area contributed by atoms with Gasteiger partial charge in [-0.1, -0.05) is 23.3 Å². The van der Waals surface area contributed by atoms with Gasteiger partial charge in [0.15, 0.2) is 0 Å². The third-order valence-corrected chi connectivity index (χ3v) is 3.65. The van der Waals surface area contributed by atoms with Crippen LogP contribution in [0, 0.1) is 11.3 Å². The first kappa shape index (κ1) is 18.2. The summed E-state index contributed by atoms with van der Waals surface area (Å²) >= 11 is 0. The highest BCUT2D eigenvalue weighted by Crippen LogP contribution is 2.35. The first-order chi connectivity index (χ1) is 13.0. The van der Waals surface area contributed by atoms with Gasteiger partial charge in [-0.2, -0.15) is 23.1 Å². The second-order valence-electron chi connectivity index (χ2n) is 5.47. The molecule has 138 valence electrons. The van der Waals surface area contributed by atoms with E-state index in [0.717, 1.165) is 11.8 Å². The molecule has 0 bridgehead atoms. The molecule has 3 rings (SSSR count). The Balaban J connectivity index is 1.64. The third kappa shape index (κ3) is 4.33. The van der Waals surface area contributed by atoms with Gasteiger partial charge in [-0.25, -0.2) is 0 Å². The van der Waals surface area contributed by atoms with Crippen molar-refractivity contribution in [1.82, 2.24) is 20.2 Å². The van der Waals surface area contributed by atoms with E-state index in [1.165, 1.54) is 16.8 Å². The van der Waals surface area contributed by atoms with Gasteiger partial charge in [-0.15, -0.1) is 0 Å². The van der Waals surface area contributed by atoms with Crippen LogP contribution in [-0.2, 0) is 6.18 Å². The lowest BCUT2D eigenvalue weighted by Gasteiger charge is -2.15. The molecule has 0 spiro atoms. The Morgan fingerprint density at radius 3 is 2.48 bits per heavy atom. The van der Waals surface area contributed by atoms with Gasteiger partial charge in [-0.05, 0) is 40.8 Å². The van der Waals surface area contributed by atoms with Gasteiger partial charge in [0, 0.05) is 18.8 Å². The largest absolute Gasteiger partial charge is 0.418 e. The van der Waals surface area contributed by atoms with E-state index in [1.807, 2.05) is 30.3 Å². The molecular weight excluding hydrogens is 359 g/mol. The first-order valence-electron chi connectivity index (χ1n) is 7.92. The molecule has 3 aromatic rings. The first-order valence-corrected chi connectivity index (χ1v) is 7.92. The molecule has 0 saturated carbocycles. The molecule has 0 amide bonds. The number of tetrazole rings is 1. The minimum Gasteiger partial charge on any atom is -0.383 e. The van der Waals surface area contributed by atoms with Gasteiger partial charge < -0.3 is 10.6 Å². The van der Waals surface area contributed by atoms with E-state index < -0.39 is 11.7 Å². The molecule has 0 aliphatic carbocycles. The van der Waals surface area contributed by atoms with Crippen molar-refractivity contribution in [2.24, 2.45) is 0 Å². The van der Waals surface area contributed by atoms with Crippen molar-refractivity contribution in [3.05, 3.63) is 59.7 Å². The molecular formula is C17H14F3N7. The second kappa shape index (κ2) is 7.74. The van der Waals surface area contributed by atoms with Gasteiger partial charge in [0.05, 0.1) is 22.9 Å². The molecule has 2 N–H and O–H groups in total. The molecule has 0 saturated heterocycles. The molecule has 0 aliphatic heterocycles. The minimum absolute atomic E-state index is 0.0481. The Labute approximate surface area is 152 Å². The van der Waals surface area contributed by atoms with Crippen LogP contribution < -0.4 is 10.6 Å². The summed E-state index contributed by atoms with van der Waals surface area (Å²) in [6, 6.07) is 14.3. The summed E-state index contributed by atoms with van der Waals surface area (Å²) in [6.45, 7) is 0.473. The summed E-state index contributed by atoms with van der Waals surface area (Å²) in [5, 5.41) is 25.8. The zero-order chi connectivity index (χ0) is 19.3. The fourth-order valence-corrected chi connectivity index (χ4v) is 2.41. The number of nitriles is 1. The smallest absolute Gasteiger partial charge is 0.383 e. The Bertz CT molecular complexity index is 945. The number of rotatable bonds is 6. The average molecular weight is 373 g/mol. The lowest BCUT2D eigenvalue weighted by atomic mass is 10.1. The quantitative estimate of drug-likeness (QED) is 0.645. The summed E-state index contributed by atoms with van der Waals surface area (Å²) in [6.07, 6.45) is -4.56. The minimum atomic E-state index is -4.56. The maximum absolute atomic E-state index is 13.1. The number of hydrogen-bond acceptors (Lipinski definition) is 6. The van der Waals surface area contributed by atoms with Crippen LogP contribution in [0.25, 0.3) is 5.69 Å². The third-order valence-electron chi connectivity index (χ3n) is 3.65. The molecule has 0 aliphatic rings. The molecule has 10 heteroatoms. The number of nitrogens with zero attached hydrogens (tertiary/aromatic N) is 5. The fourth-order valence-electron chi connectivity index (χ4n) is 2.41. The Morgan fingerprint density at radius 2 is 1.78 bits per heavy atom. The molecule has 1 heterocycles. The van der Waals surface area contributed by atoms with Gasteiger partial charge in [0.25, 0.3) is 0 Å². The molecule has 7 nitrogen and oxygen atoms in total. The van der Waals surface area contributed by atoms with Crippen LogP contribution in [0.5, 0.6) is 0 Å². The lowest BCUT2D eigenvalue weighted by Crippen LogP contribution is -2.18. The maximum atomic E-state index is 13.1. The van der Waals surface area contributed by atoms with Gasteiger partial charge in [0.2, 0.25) is 5.95 Å². The number of benzene rings is 2. The number of nitrogens with one attached hydrogen (secondary N) is 2. The van der Waals surface area contributed by atoms with Crippen LogP contribution in [0.4, 0.5) is 24.8 Å². The van der Waals surface area contributed by atoms with E-state index in [-0.39, 0.29) is 24.3 Å². The SMILES string of the molecule is N#Cc1ccc(NCCNc2nnnn2-c2ccccc2)c(C(F)(F)F)c1. The number of alkyl halides is 3. The lowest BCUT2D eigenvalue weighted by molar-refractivity contribution is -0.137. The van der Waals surface area contributed by atoms with E-state index in [0.29, 0.717) is 5.95 Å². The summed E-state index contributed by atoms with van der Waals surface area (Å²) in [7, 11) is 0. The summed E-state index contributed by atoms with van der Waals surface area (Å²) in [5.41, 5.74) is -0.265. The van der Waals surface area contributed by atoms with Crippen LogP contribution in [0.15, 0.2) is 48.5 Å². The fraction of sp³-hybridized carbons (Fsp3) is 0.176. The summed E-state index contributed by atoms with van der Waals surface area (Å²) < 4.78 is 40.9. The Hall–Kier alpha value is -3.61. The highest BCUT2D eigenvalue weighted by Gasteiger charge is 2.33. The monoisotopic (exact) mass is 373 g/mol. The van der Waals surface area contributed by atoms with Gasteiger partial charge in [0.1, 0.15) is 0 Å². The van der Waals surface area contributed by atoms with Crippen molar-refractivity contribution in [3.8, 4) is 11.8 Å². The van der Waals surface area contributed by atoms with Crippen LogP contribution in [0.1, 0.15) is 11.1 Å². The molecule has 2 aromatic carbocycles. The van der Waals surface area contributed by atoms with Crippen LogP contribution in [0.3, 0.4) is 0 Å². The zero-order valence-corrected chi connectivity index (χ0v) is 13.9. The van der Waals surface area contributed by atoms with E-state index in [1.54, 1.807) is 6.07 Å². The number of halogens is 3. The van der Waals surface area contributed by atoms with E-state index >= 15 is 0 Å². The molecule has 0 radical (unpaired) electrons. The molecule has 27 heavy (non-hydrogen) atoms. The Kier molecular flexibility index (Phi) is 5.21. The van der Waals surface area contributed by atoms with Crippen molar-refractivity contribution in [2.45, 2.75) is 6.18 Å². The molecule has 0 fully saturated rings. The number of anilines is 2. The van der Waals surface area contributed by atoms with Crippen LogP contribution >= 0.6 is 0 Å². The summed E-state index contributed by atoms with van der Waals surface area (Å²) in [4.78, 5) is 0. The van der Waals surface area contributed by atoms with E-state index in [2.05, 4.69) is 26.2 Å². The number of aromatic nitrogens is 4. The predicted octanol–water partition coefficient (Wildman–Crippen LogP) is 3.08. The van der Waals surface area contributed by atoms with Gasteiger partial charge >= 0.3 is 6.18 Å². The van der Waals surface area contributed by atoms with Crippen molar-refractivity contribution in [2.75, 3.05) is 23.7 Å². The van der Waals surface area contributed by atoms with Crippen molar-refractivity contribution in [1.29, 1.82) is 5.26 Å². The highest BCUT2D eigenvalue weighted by atomic mass is 19.4. The zero-order valence-electron chi connectivity index (χ0n) is 13.9. The van der Waals surface area contributed by atoms with Crippen molar-refractivity contribution < 1.29 is 13.2 Å². The maximum Gasteiger partial charge on any atom is 0.418 e. The normalized spacial score (nSPS) is 11.0. The Morgan fingerprint density at radius 1 is 1.04 bits per heavy atom. The summed E-state index contributed by atoms with van der Waals surface area (Å²) in [5.74, 6) is 0.374. The predicted molar refractivity (Wildman–Crippen MR) is 92.3 cm³/mol. The molecule has 0 atom stereocenters.